The molecule has 0 aliphatic carbocycles. The monoisotopic (exact) mass is 488 g/mol. The highest BCUT2D eigenvalue weighted by atomic mass is 19.3. The Kier molecular flexibility index (Phi) is 7.28. The molecule has 0 bridgehead atoms. The van der Waals surface area contributed by atoms with Crippen LogP contribution in [0.15, 0.2) is 23.4 Å². The number of fused-ring (bicyclic) bond motifs is 1. The summed E-state index contributed by atoms with van der Waals surface area (Å²) in [6, 6.07) is 3.20. The molecule has 0 aromatic heterocycles. The van der Waals surface area contributed by atoms with Crippen LogP contribution in [-0.2, 0) is 16.0 Å². The molecule has 0 atom stereocenters. The van der Waals surface area contributed by atoms with E-state index in [1.165, 1.54) is 13.0 Å². The van der Waals surface area contributed by atoms with Crippen molar-refractivity contribution in [1.82, 2.24) is 15.1 Å². The lowest BCUT2D eigenvalue weighted by molar-refractivity contribution is -0.130. The zero-order chi connectivity index (χ0) is 25.3. The number of carbonyl (C=O) groups excluding carboxylic acids is 2. The molecule has 35 heavy (non-hydrogen) atoms. The van der Waals surface area contributed by atoms with Crippen molar-refractivity contribution in [3.8, 4) is 0 Å². The van der Waals surface area contributed by atoms with Gasteiger partial charge >= 0.3 is 0 Å². The molecule has 8 nitrogen and oxygen atoms in total. The number of aryl methyl sites for hydroxylation is 1. The van der Waals surface area contributed by atoms with E-state index in [0.29, 0.717) is 56.8 Å². The van der Waals surface area contributed by atoms with Crippen molar-refractivity contribution in [1.29, 1.82) is 5.41 Å². The molecule has 1 saturated heterocycles. The summed E-state index contributed by atoms with van der Waals surface area (Å²) in [5.41, 5.74) is 8.81. The molecule has 0 unspecified atom stereocenters. The Labute approximate surface area is 204 Å². The van der Waals surface area contributed by atoms with Gasteiger partial charge in [-0.3, -0.25) is 15.0 Å². The van der Waals surface area contributed by atoms with Crippen LogP contribution in [-0.4, -0.2) is 66.2 Å². The zero-order valence-electron chi connectivity index (χ0n) is 20.4. The molecule has 2 amide bonds. The van der Waals surface area contributed by atoms with Crippen LogP contribution in [0, 0.1) is 5.41 Å². The van der Waals surface area contributed by atoms with E-state index in [1.807, 2.05) is 4.90 Å². The zero-order valence-corrected chi connectivity index (χ0v) is 20.4. The fourth-order valence-corrected chi connectivity index (χ4v) is 5.25. The van der Waals surface area contributed by atoms with Crippen LogP contribution in [0.5, 0.6) is 0 Å². The largest absolute Gasteiger partial charge is 0.398 e. The Balaban J connectivity index is 1.63. The minimum Gasteiger partial charge on any atom is -0.398 e. The molecular weight excluding hydrogens is 454 g/mol. The Hall–Kier alpha value is -3.17. The van der Waals surface area contributed by atoms with E-state index in [0.717, 1.165) is 30.5 Å². The highest BCUT2D eigenvalue weighted by Crippen LogP contribution is 2.37. The van der Waals surface area contributed by atoms with Crippen molar-refractivity contribution >= 4 is 29.0 Å². The third kappa shape index (κ3) is 5.26. The van der Waals surface area contributed by atoms with Crippen LogP contribution < -0.4 is 16.0 Å². The number of anilines is 2. The van der Waals surface area contributed by atoms with Crippen molar-refractivity contribution < 1.29 is 18.4 Å². The summed E-state index contributed by atoms with van der Waals surface area (Å²) in [6.07, 6.45) is 1.00. The minimum absolute atomic E-state index is 0.0593. The molecule has 10 heteroatoms. The summed E-state index contributed by atoms with van der Waals surface area (Å²) in [6.45, 7) is 5.86. The summed E-state index contributed by atoms with van der Waals surface area (Å²) in [5, 5.41) is 12.7. The average Bonchev–Trinajstić information content (AvgIpc) is 2.83. The summed E-state index contributed by atoms with van der Waals surface area (Å²) in [7, 11) is 0. The van der Waals surface area contributed by atoms with Crippen molar-refractivity contribution in [3.63, 3.8) is 0 Å². The fraction of sp³-hybridized carbons (Fsp3) is 0.560. The van der Waals surface area contributed by atoms with Gasteiger partial charge in [0.15, 0.2) is 0 Å². The Bertz CT molecular complexity index is 1050. The maximum absolute atomic E-state index is 13.6. The number of nitrogen functional groups attached to an aromatic ring is 1. The number of piperidine rings is 1. The second kappa shape index (κ2) is 10.2. The Morgan fingerprint density at radius 1 is 1.06 bits per heavy atom. The quantitative estimate of drug-likeness (QED) is 0.343. The van der Waals surface area contributed by atoms with Gasteiger partial charge in [0.1, 0.15) is 5.84 Å². The fourth-order valence-electron chi connectivity index (χ4n) is 5.25. The number of likely N-dealkylation sites (tertiary alicyclic amines) is 1. The highest BCUT2D eigenvalue weighted by molar-refractivity contribution is 6.09. The van der Waals surface area contributed by atoms with Gasteiger partial charge in [0.05, 0.1) is 6.54 Å². The summed E-state index contributed by atoms with van der Waals surface area (Å²) < 4.78 is 27.2. The van der Waals surface area contributed by atoms with Crippen LogP contribution in [0.25, 0.3) is 0 Å². The second-order valence-corrected chi connectivity index (χ2v) is 9.59. The van der Waals surface area contributed by atoms with Crippen molar-refractivity contribution in [2.45, 2.75) is 58.4 Å². The van der Waals surface area contributed by atoms with E-state index in [1.54, 1.807) is 22.8 Å². The average molecular weight is 489 g/mol. The molecule has 190 valence electrons. The first-order valence-electron chi connectivity index (χ1n) is 12.2. The van der Waals surface area contributed by atoms with Crippen molar-refractivity contribution in [2.24, 2.45) is 0 Å². The molecule has 0 spiro atoms. The van der Waals surface area contributed by atoms with E-state index >= 15 is 0 Å². The van der Waals surface area contributed by atoms with Gasteiger partial charge in [-0.05, 0) is 43.4 Å². The molecule has 3 aliphatic rings. The van der Waals surface area contributed by atoms with Crippen LogP contribution in [0.2, 0.25) is 0 Å². The SMILES string of the molecule is CC(=O)N1CCC(NC2=C(C(=N)N3CCCc4cc(N)c(C(F)F)cc43)CN(C(C)=O)CC2)CC1. The lowest BCUT2D eigenvalue weighted by Gasteiger charge is -2.39. The van der Waals surface area contributed by atoms with Gasteiger partial charge in [0.2, 0.25) is 11.8 Å². The first kappa shape index (κ1) is 24.9. The molecule has 4 N–H and O–H groups in total. The predicted octanol–water partition coefficient (Wildman–Crippen LogP) is 3.04. The predicted molar refractivity (Wildman–Crippen MR) is 132 cm³/mol. The van der Waals surface area contributed by atoms with E-state index in [9.17, 15) is 18.4 Å². The van der Waals surface area contributed by atoms with Crippen LogP contribution in [0.4, 0.5) is 20.2 Å². The number of amides is 2. The van der Waals surface area contributed by atoms with Gasteiger partial charge in [-0.2, -0.15) is 0 Å². The number of carbonyl (C=O) groups is 2. The van der Waals surface area contributed by atoms with Crippen LogP contribution in [0.3, 0.4) is 0 Å². The molecule has 3 aliphatic heterocycles. The Morgan fingerprint density at radius 3 is 2.37 bits per heavy atom. The maximum Gasteiger partial charge on any atom is 0.265 e. The number of halogens is 2. The number of hydrogen-bond donors (Lipinski definition) is 3. The number of rotatable bonds is 4. The number of benzene rings is 1. The molecule has 1 aromatic carbocycles. The van der Waals surface area contributed by atoms with E-state index in [2.05, 4.69) is 5.32 Å². The molecular formula is C25H34F2N6O2. The van der Waals surface area contributed by atoms with Gasteiger partial charge < -0.3 is 25.8 Å². The molecule has 3 heterocycles. The third-order valence-corrected chi connectivity index (χ3v) is 7.30. The molecule has 0 saturated carbocycles. The van der Waals surface area contributed by atoms with Gasteiger partial charge in [-0.15, -0.1) is 0 Å². The summed E-state index contributed by atoms with van der Waals surface area (Å²) in [4.78, 5) is 29.2. The molecule has 1 aromatic rings. The number of hydrogen-bond acceptors (Lipinski definition) is 5. The van der Waals surface area contributed by atoms with Gasteiger partial charge in [-0.25, -0.2) is 8.78 Å². The van der Waals surface area contributed by atoms with Gasteiger partial charge in [0.25, 0.3) is 6.43 Å². The van der Waals surface area contributed by atoms with Crippen LogP contribution in [0.1, 0.15) is 57.1 Å². The van der Waals surface area contributed by atoms with E-state index < -0.39 is 6.43 Å². The standard InChI is InChI=1S/C25H34F2N6O2/c1-15(34)31-9-5-18(6-10-31)30-22-7-11-32(16(2)35)14-20(22)25(29)33-8-3-4-17-12-21(28)19(24(26)27)13-23(17)33/h12-13,18,24,29-30H,3-11,14,28H2,1-2H3. The smallest absolute Gasteiger partial charge is 0.265 e. The molecule has 0 radical (unpaired) electrons. The van der Waals surface area contributed by atoms with Crippen LogP contribution >= 0.6 is 0 Å². The lowest BCUT2D eigenvalue weighted by atomic mass is 9.95. The minimum atomic E-state index is -2.70. The van der Waals surface area contributed by atoms with E-state index in [4.69, 9.17) is 11.1 Å². The first-order valence-corrected chi connectivity index (χ1v) is 12.2. The Morgan fingerprint density at radius 2 is 1.74 bits per heavy atom. The molecule has 1 fully saturated rings. The van der Waals surface area contributed by atoms with E-state index in [-0.39, 0.29) is 34.9 Å². The second-order valence-electron chi connectivity index (χ2n) is 9.59. The number of amidine groups is 1. The summed E-state index contributed by atoms with van der Waals surface area (Å²) >= 11 is 0. The number of nitrogens with two attached hydrogens (primary N) is 1. The number of alkyl halides is 2. The van der Waals surface area contributed by atoms with Gasteiger partial charge in [-0.1, -0.05) is 0 Å². The topological polar surface area (TPSA) is 106 Å². The lowest BCUT2D eigenvalue weighted by Crippen LogP contribution is -2.48. The van der Waals surface area contributed by atoms with Crippen molar-refractivity contribution in [2.75, 3.05) is 43.4 Å². The molecule has 4 rings (SSSR count). The van der Waals surface area contributed by atoms with Crippen molar-refractivity contribution in [3.05, 3.63) is 34.5 Å². The third-order valence-electron chi connectivity index (χ3n) is 7.30. The van der Waals surface area contributed by atoms with Gasteiger partial charge in [0, 0.05) is 80.7 Å². The number of nitrogens with one attached hydrogen (secondary N) is 2. The summed E-state index contributed by atoms with van der Waals surface area (Å²) in [5.74, 6) is 0.244. The first-order chi connectivity index (χ1) is 16.7. The maximum atomic E-state index is 13.6. The number of nitrogens with zero attached hydrogens (tertiary/aromatic N) is 3. The normalized spacial score (nSPS) is 19.2. The highest BCUT2D eigenvalue weighted by Gasteiger charge is 2.31.